The van der Waals surface area contributed by atoms with E-state index in [1.165, 1.54) is 5.56 Å². The molecule has 1 aromatic heterocycles. The number of aryl methyl sites for hydroxylation is 1. The van der Waals surface area contributed by atoms with Crippen LogP contribution in [-0.2, 0) is 17.6 Å². The summed E-state index contributed by atoms with van der Waals surface area (Å²) in [7, 11) is 5.65. The highest BCUT2D eigenvalue weighted by Gasteiger charge is 2.07. The predicted octanol–water partition coefficient (Wildman–Crippen LogP) is 2.59. The Bertz CT molecular complexity index is 735. The molecular weight excluding hydrogens is 495 g/mol. The average Bonchev–Trinajstić information content (AvgIpc) is 3.22. The molecule has 30 heavy (non-hydrogen) atoms. The number of guanidine groups is 1. The molecule has 8 nitrogen and oxygen atoms in total. The van der Waals surface area contributed by atoms with Crippen molar-refractivity contribution in [2.45, 2.75) is 26.2 Å². The van der Waals surface area contributed by atoms with Gasteiger partial charge in [-0.05, 0) is 37.6 Å². The van der Waals surface area contributed by atoms with E-state index in [4.69, 9.17) is 9.26 Å². The molecule has 0 fully saturated rings. The monoisotopic (exact) mass is 530 g/mol. The third kappa shape index (κ3) is 9.40. The fraction of sp³-hybridized carbons (Fsp3) is 0.571. The highest BCUT2D eigenvalue weighted by atomic mass is 127. The Hall–Kier alpha value is -1.72. The minimum atomic E-state index is 0. The Balaban J connectivity index is 0.00000450. The molecule has 2 N–H and O–H groups in total. The van der Waals surface area contributed by atoms with E-state index in [1.807, 2.05) is 19.1 Å². The fourth-order valence-corrected chi connectivity index (χ4v) is 2.83. The molecule has 0 aliphatic rings. The highest BCUT2D eigenvalue weighted by molar-refractivity contribution is 14.0. The van der Waals surface area contributed by atoms with Crippen molar-refractivity contribution in [1.82, 2.24) is 25.7 Å². The fourth-order valence-electron chi connectivity index (χ4n) is 2.83. The van der Waals surface area contributed by atoms with Crippen LogP contribution in [0.4, 0.5) is 0 Å². The summed E-state index contributed by atoms with van der Waals surface area (Å²) in [6, 6.07) is 8.24. The molecule has 0 bridgehead atoms. The zero-order valence-electron chi connectivity index (χ0n) is 18.5. The summed E-state index contributed by atoms with van der Waals surface area (Å²) in [4.78, 5) is 10.9. The summed E-state index contributed by atoms with van der Waals surface area (Å²) in [6.07, 6.45) is 2.72. The van der Waals surface area contributed by atoms with Gasteiger partial charge >= 0.3 is 0 Å². The van der Waals surface area contributed by atoms with Crippen LogP contribution < -0.4 is 10.6 Å². The van der Waals surface area contributed by atoms with Gasteiger partial charge in [-0.2, -0.15) is 4.98 Å². The van der Waals surface area contributed by atoms with Gasteiger partial charge in [0, 0.05) is 58.9 Å². The molecular formula is C21H35IN6O2. The third-order valence-corrected chi connectivity index (χ3v) is 4.59. The number of rotatable bonds is 12. The van der Waals surface area contributed by atoms with E-state index in [2.05, 4.69) is 49.8 Å². The second-order valence-corrected chi connectivity index (χ2v) is 6.89. The van der Waals surface area contributed by atoms with Crippen molar-refractivity contribution < 1.29 is 9.26 Å². The van der Waals surface area contributed by atoms with Gasteiger partial charge in [-0.3, -0.25) is 4.99 Å². The second kappa shape index (κ2) is 15.1. The van der Waals surface area contributed by atoms with Gasteiger partial charge in [-0.15, -0.1) is 24.0 Å². The van der Waals surface area contributed by atoms with Gasteiger partial charge in [0.25, 0.3) is 5.89 Å². The van der Waals surface area contributed by atoms with Gasteiger partial charge in [-0.25, -0.2) is 0 Å². The molecule has 9 heteroatoms. The van der Waals surface area contributed by atoms with E-state index in [1.54, 1.807) is 14.2 Å². The lowest BCUT2D eigenvalue weighted by Gasteiger charge is -2.18. The Labute approximate surface area is 196 Å². The van der Waals surface area contributed by atoms with Gasteiger partial charge in [0.15, 0.2) is 11.8 Å². The van der Waals surface area contributed by atoms with Crippen LogP contribution in [0.15, 0.2) is 33.8 Å². The van der Waals surface area contributed by atoms with Gasteiger partial charge in [-0.1, -0.05) is 24.2 Å². The molecule has 0 atom stereocenters. The van der Waals surface area contributed by atoms with Crippen molar-refractivity contribution in [3.05, 3.63) is 35.7 Å². The van der Waals surface area contributed by atoms with Crippen LogP contribution >= 0.6 is 24.0 Å². The SMILES string of the molecule is CCc1noc(-c2ccc(CCNC(=NC)NCCN(C)CCCOC)cc2)n1.I. The summed E-state index contributed by atoms with van der Waals surface area (Å²) in [6.45, 7) is 6.46. The maximum absolute atomic E-state index is 5.28. The Morgan fingerprint density at radius 3 is 2.53 bits per heavy atom. The first-order chi connectivity index (χ1) is 14.2. The molecule has 2 aromatic rings. The zero-order valence-corrected chi connectivity index (χ0v) is 20.8. The standard InChI is InChI=1S/C21H34N6O2.HI/c1-5-19-25-20(29-26-19)18-9-7-17(8-10-18)11-12-23-21(22-2)24-13-15-27(3)14-6-16-28-4;/h7-10H,5-6,11-16H2,1-4H3,(H2,22,23,24);1H. The maximum Gasteiger partial charge on any atom is 0.257 e. The summed E-state index contributed by atoms with van der Waals surface area (Å²) in [5, 5.41) is 10.7. The zero-order chi connectivity index (χ0) is 20.9. The Morgan fingerprint density at radius 2 is 1.90 bits per heavy atom. The number of aliphatic imine (C=N–C) groups is 1. The van der Waals surface area contributed by atoms with E-state index >= 15 is 0 Å². The number of nitrogens with zero attached hydrogens (tertiary/aromatic N) is 4. The number of halogens is 1. The van der Waals surface area contributed by atoms with E-state index in [-0.39, 0.29) is 24.0 Å². The van der Waals surface area contributed by atoms with E-state index < -0.39 is 0 Å². The van der Waals surface area contributed by atoms with Crippen LogP contribution in [0.5, 0.6) is 0 Å². The van der Waals surface area contributed by atoms with Crippen LogP contribution in [-0.4, -0.2) is 75.0 Å². The average molecular weight is 530 g/mol. The van der Waals surface area contributed by atoms with Crippen molar-refractivity contribution in [3.8, 4) is 11.5 Å². The summed E-state index contributed by atoms with van der Waals surface area (Å²) in [5.41, 5.74) is 2.19. The van der Waals surface area contributed by atoms with Crippen molar-refractivity contribution in [2.75, 3.05) is 54.0 Å². The first kappa shape index (κ1) is 26.3. The molecule has 0 saturated carbocycles. The van der Waals surface area contributed by atoms with Crippen molar-refractivity contribution >= 4 is 29.9 Å². The first-order valence-electron chi connectivity index (χ1n) is 10.2. The number of benzene rings is 1. The van der Waals surface area contributed by atoms with Gasteiger partial charge in [0.1, 0.15) is 0 Å². The number of aromatic nitrogens is 2. The third-order valence-electron chi connectivity index (χ3n) is 4.59. The minimum Gasteiger partial charge on any atom is -0.385 e. The lowest BCUT2D eigenvalue weighted by molar-refractivity contribution is 0.180. The first-order valence-corrected chi connectivity index (χ1v) is 10.2. The minimum absolute atomic E-state index is 0. The quantitative estimate of drug-likeness (QED) is 0.189. The summed E-state index contributed by atoms with van der Waals surface area (Å²) < 4.78 is 10.4. The van der Waals surface area contributed by atoms with Gasteiger partial charge < -0.3 is 24.8 Å². The van der Waals surface area contributed by atoms with Crippen molar-refractivity contribution in [1.29, 1.82) is 0 Å². The molecule has 0 radical (unpaired) electrons. The molecule has 0 aliphatic heterocycles. The number of nitrogens with one attached hydrogen (secondary N) is 2. The molecule has 168 valence electrons. The van der Waals surface area contributed by atoms with Crippen molar-refractivity contribution in [2.24, 2.45) is 4.99 Å². The molecule has 0 amide bonds. The lowest BCUT2D eigenvalue weighted by atomic mass is 10.1. The number of ether oxygens (including phenoxy) is 1. The van der Waals surface area contributed by atoms with Gasteiger partial charge in [0.05, 0.1) is 0 Å². The van der Waals surface area contributed by atoms with E-state index in [0.717, 1.165) is 69.4 Å². The summed E-state index contributed by atoms with van der Waals surface area (Å²) >= 11 is 0. The largest absolute Gasteiger partial charge is 0.385 e. The molecule has 1 aromatic carbocycles. The lowest BCUT2D eigenvalue weighted by Crippen LogP contribution is -2.41. The van der Waals surface area contributed by atoms with E-state index in [0.29, 0.717) is 5.89 Å². The molecule has 0 aliphatic carbocycles. The van der Waals surface area contributed by atoms with Crippen LogP contribution in [0.25, 0.3) is 11.5 Å². The Morgan fingerprint density at radius 1 is 1.17 bits per heavy atom. The number of likely N-dealkylation sites (N-methyl/N-ethyl adjacent to an activating group) is 1. The number of hydrogen-bond donors (Lipinski definition) is 2. The van der Waals surface area contributed by atoms with Crippen LogP contribution in [0.3, 0.4) is 0 Å². The second-order valence-electron chi connectivity index (χ2n) is 6.89. The maximum atomic E-state index is 5.28. The van der Waals surface area contributed by atoms with Crippen molar-refractivity contribution in [3.63, 3.8) is 0 Å². The molecule has 0 spiro atoms. The van der Waals surface area contributed by atoms with E-state index in [9.17, 15) is 0 Å². The van der Waals surface area contributed by atoms with Crippen LogP contribution in [0.1, 0.15) is 24.7 Å². The Kier molecular flexibility index (Phi) is 13.3. The van der Waals surface area contributed by atoms with Gasteiger partial charge in [0.2, 0.25) is 0 Å². The highest BCUT2D eigenvalue weighted by Crippen LogP contribution is 2.18. The molecule has 1 heterocycles. The molecule has 2 rings (SSSR count). The van der Waals surface area contributed by atoms with Crippen LogP contribution in [0.2, 0.25) is 0 Å². The molecule has 0 unspecified atom stereocenters. The number of methoxy groups -OCH3 is 1. The molecule has 0 saturated heterocycles. The normalized spacial score (nSPS) is 11.4. The number of hydrogen-bond acceptors (Lipinski definition) is 6. The smallest absolute Gasteiger partial charge is 0.257 e. The topological polar surface area (TPSA) is 87.8 Å². The van der Waals surface area contributed by atoms with Crippen LogP contribution in [0, 0.1) is 0 Å². The summed E-state index contributed by atoms with van der Waals surface area (Å²) in [5.74, 6) is 2.13. The predicted molar refractivity (Wildman–Crippen MR) is 132 cm³/mol.